The van der Waals surface area contributed by atoms with Crippen molar-refractivity contribution >= 4 is 5.69 Å². The number of hydrogen-bond donors (Lipinski definition) is 1. The molecule has 0 saturated carbocycles. The standard InChI is InChI=1S/C19H15N/c20-17-12-6-11-16-14-9-4-5-10-15(14)18(19(16)17)13-7-2-1-3-8-13/h1-12,18H,20H2. The smallest absolute Gasteiger partial charge is 0.0372 e. The number of fused-ring (bicyclic) bond motifs is 3. The van der Waals surface area contributed by atoms with E-state index in [2.05, 4.69) is 60.7 Å². The fourth-order valence-electron chi connectivity index (χ4n) is 3.28. The van der Waals surface area contributed by atoms with Crippen LogP contribution in [0.3, 0.4) is 0 Å². The Kier molecular flexibility index (Phi) is 2.40. The summed E-state index contributed by atoms with van der Waals surface area (Å²) in [5.41, 5.74) is 13.6. The fraction of sp³-hybridized carbons (Fsp3) is 0.0526. The Morgan fingerprint density at radius 2 is 1.35 bits per heavy atom. The third-order valence-electron chi connectivity index (χ3n) is 4.12. The normalized spacial score (nSPS) is 15.7. The lowest BCUT2D eigenvalue weighted by Gasteiger charge is -2.15. The highest BCUT2D eigenvalue weighted by atomic mass is 14.6. The summed E-state index contributed by atoms with van der Waals surface area (Å²) < 4.78 is 0. The van der Waals surface area contributed by atoms with Crippen molar-refractivity contribution in [3.8, 4) is 11.1 Å². The third-order valence-corrected chi connectivity index (χ3v) is 4.12. The molecule has 1 aliphatic carbocycles. The van der Waals surface area contributed by atoms with Gasteiger partial charge in [-0.1, -0.05) is 66.7 Å². The largest absolute Gasteiger partial charge is 0.398 e. The molecule has 0 spiro atoms. The summed E-state index contributed by atoms with van der Waals surface area (Å²) in [6.07, 6.45) is 0. The Bertz CT molecular complexity index is 775. The van der Waals surface area contributed by atoms with Gasteiger partial charge in [-0.2, -0.15) is 0 Å². The molecule has 1 aliphatic rings. The maximum Gasteiger partial charge on any atom is 0.0372 e. The number of anilines is 1. The van der Waals surface area contributed by atoms with Crippen molar-refractivity contribution in [3.05, 3.63) is 89.5 Å². The predicted octanol–water partition coefficient (Wildman–Crippen LogP) is 4.43. The summed E-state index contributed by atoms with van der Waals surface area (Å²) in [7, 11) is 0. The SMILES string of the molecule is Nc1cccc2c1C(c1ccccc1)c1ccccc1-2. The Labute approximate surface area is 118 Å². The molecule has 96 valence electrons. The highest BCUT2D eigenvalue weighted by molar-refractivity contribution is 5.85. The highest BCUT2D eigenvalue weighted by Crippen LogP contribution is 2.49. The molecule has 20 heavy (non-hydrogen) atoms. The number of hydrogen-bond acceptors (Lipinski definition) is 1. The molecule has 1 nitrogen and oxygen atoms in total. The van der Waals surface area contributed by atoms with Gasteiger partial charge < -0.3 is 5.73 Å². The van der Waals surface area contributed by atoms with Crippen LogP contribution in [0, 0.1) is 0 Å². The summed E-state index contributed by atoms with van der Waals surface area (Å²) in [5, 5.41) is 0. The van der Waals surface area contributed by atoms with E-state index in [1.165, 1.54) is 27.8 Å². The molecule has 0 amide bonds. The van der Waals surface area contributed by atoms with E-state index in [1.54, 1.807) is 0 Å². The molecule has 0 fully saturated rings. The first kappa shape index (κ1) is 11.3. The first-order valence-electron chi connectivity index (χ1n) is 6.89. The monoisotopic (exact) mass is 257 g/mol. The van der Waals surface area contributed by atoms with Crippen molar-refractivity contribution in [1.82, 2.24) is 0 Å². The van der Waals surface area contributed by atoms with E-state index in [-0.39, 0.29) is 5.92 Å². The lowest BCUT2D eigenvalue weighted by Crippen LogP contribution is -2.02. The maximum atomic E-state index is 6.28. The molecule has 0 aromatic heterocycles. The van der Waals surface area contributed by atoms with Gasteiger partial charge in [0, 0.05) is 11.6 Å². The minimum atomic E-state index is 0.253. The molecule has 3 aromatic carbocycles. The molecule has 1 atom stereocenters. The first-order chi connectivity index (χ1) is 9.86. The second kappa shape index (κ2) is 4.24. The van der Waals surface area contributed by atoms with Crippen molar-refractivity contribution in [2.75, 3.05) is 5.73 Å². The van der Waals surface area contributed by atoms with Crippen molar-refractivity contribution in [3.63, 3.8) is 0 Å². The summed E-state index contributed by atoms with van der Waals surface area (Å²) >= 11 is 0. The Morgan fingerprint density at radius 1 is 0.650 bits per heavy atom. The molecule has 2 N–H and O–H groups in total. The lowest BCUT2D eigenvalue weighted by atomic mass is 9.88. The second-order valence-electron chi connectivity index (χ2n) is 5.24. The third kappa shape index (κ3) is 1.50. The fourth-order valence-corrected chi connectivity index (χ4v) is 3.28. The number of benzene rings is 3. The average Bonchev–Trinajstić information content (AvgIpc) is 2.84. The Hall–Kier alpha value is -2.54. The van der Waals surface area contributed by atoms with E-state index >= 15 is 0 Å². The van der Waals surface area contributed by atoms with Crippen LogP contribution in [0.5, 0.6) is 0 Å². The van der Waals surface area contributed by atoms with E-state index in [1.807, 2.05) is 12.1 Å². The van der Waals surface area contributed by atoms with Crippen LogP contribution in [0.15, 0.2) is 72.8 Å². The van der Waals surface area contributed by atoms with Gasteiger partial charge in [-0.15, -0.1) is 0 Å². The number of nitrogens with two attached hydrogens (primary N) is 1. The molecule has 3 aromatic rings. The van der Waals surface area contributed by atoms with Crippen molar-refractivity contribution < 1.29 is 0 Å². The van der Waals surface area contributed by atoms with E-state index in [9.17, 15) is 0 Å². The summed E-state index contributed by atoms with van der Waals surface area (Å²) in [4.78, 5) is 0. The second-order valence-corrected chi connectivity index (χ2v) is 5.24. The van der Waals surface area contributed by atoms with Gasteiger partial charge in [0.1, 0.15) is 0 Å². The average molecular weight is 257 g/mol. The predicted molar refractivity (Wildman–Crippen MR) is 83.7 cm³/mol. The van der Waals surface area contributed by atoms with Crippen molar-refractivity contribution in [2.45, 2.75) is 5.92 Å². The van der Waals surface area contributed by atoms with E-state index in [4.69, 9.17) is 5.73 Å². The van der Waals surface area contributed by atoms with Crippen LogP contribution in [0.25, 0.3) is 11.1 Å². The summed E-state index contributed by atoms with van der Waals surface area (Å²) in [6, 6.07) is 25.4. The van der Waals surface area contributed by atoms with Gasteiger partial charge in [0.05, 0.1) is 0 Å². The van der Waals surface area contributed by atoms with Gasteiger partial charge in [0.15, 0.2) is 0 Å². The molecule has 0 saturated heterocycles. The molecule has 0 aliphatic heterocycles. The van der Waals surface area contributed by atoms with Crippen LogP contribution in [0.4, 0.5) is 5.69 Å². The Balaban J connectivity index is 2.05. The first-order valence-corrected chi connectivity index (χ1v) is 6.89. The van der Waals surface area contributed by atoms with Gasteiger partial charge in [-0.05, 0) is 33.9 Å². The molecule has 0 heterocycles. The minimum absolute atomic E-state index is 0.253. The van der Waals surface area contributed by atoms with Crippen LogP contribution < -0.4 is 5.73 Å². The molecule has 4 rings (SSSR count). The topological polar surface area (TPSA) is 26.0 Å². The zero-order valence-electron chi connectivity index (χ0n) is 11.1. The summed E-state index contributed by atoms with van der Waals surface area (Å²) in [6.45, 7) is 0. The molecule has 0 bridgehead atoms. The molecule has 1 heteroatoms. The quantitative estimate of drug-likeness (QED) is 0.502. The van der Waals surface area contributed by atoms with Crippen LogP contribution in [0.1, 0.15) is 22.6 Å². The van der Waals surface area contributed by atoms with Gasteiger partial charge >= 0.3 is 0 Å². The number of nitrogen functional groups attached to an aromatic ring is 1. The van der Waals surface area contributed by atoms with E-state index in [0.717, 1.165) is 5.69 Å². The summed E-state index contributed by atoms with van der Waals surface area (Å²) in [5.74, 6) is 0.253. The van der Waals surface area contributed by atoms with Gasteiger partial charge in [-0.3, -0.25) is 0 Å². The molecular weight excluding hydrogens is 242 g/mol. The molecule has 0 radical (unpaired) electrons. The van der Waals surface area contributed by atoms with E-state index in [0.29, 0.717) is 0 Å². The van der Waals surface area contributed by atoms with Crippen LogP contribution >= 0.6 is 0 Å². The van der Waals surface area contributed by atoms with E-state index < -0.39 is 0 Å². The lowest BCUT2D eigenvalue weighted by molar-refractivity contribution is 1.02. The zero-order chi connectivity index (χ0) is 13.5. The maximum absolute atomic E-state index is 6.28. The molecule has 1 unspecified atom stereocenters. The van der Waals surface area contributed by atoms with Crippen LogP contribution in [-0.4, -0.2) is 0 Å². The zero-order valence-corrected chi connectivity index (χ0v) is 11.1. The van der Waals surface area contributed by atoms with Gasteiger partial charge in [0.2, 0.25) is 0 Å². The number of rotatable bonds is 1. The molecular formula is C19H15N. The minimum Gasteiger partial charge on any atom is -0.398 e. The van der Waals surface area contributed by atoms with Gasteiger partial charge in [0.25, 0.3) is 0 Å². The highest BCUT2D eigenvalue weighted by Gasteiger charge is 2.30. The van der Waals surface area contributed by atoms with Crippen LogP contribution in [-0.2, 0) is 0 Å². The Morgan fingerprint density at radius 3 is 2.20 bits per heavy atom. The van der Waals surface area contributed by atoms with Crippen molar-refractivity contribution in [1.29, 1.82) is 0 Å². The van der Waals surface area contributed by atoms with Crippen LogP contribution in [0.2, 0.25) is 0 Å². The van der Waals surface area contributed by atoms with Crippen molar-refractivity contribution in [2.24, 2.45) is 0 Å². The van der Waals surface area contributed by atoms with Gasteiger partial charge in [-0.25, -0.2) is 0 Å².